The van der Waals surface area contributed by atoms with Crippen LogP contribution in [0.5, 0.6) is 0 Å². The van der Waals surface area contributed by atoms with Crippen molar-refractivity contribution >= 4 is 38.6 Å². The summed E-state index contributed by atoms with van der Waals surface area (Å²) in [5, 5.41) is 3.30. The van der Waals surface area contributed by atoms with E-state index in [9.17, 15) is 9.59 Å². The third-order valence-electron chi connectivity index (χ3n) is 2.64. The second-order valence-electron chi connectivity index (χ2n) is 4.25. The third-order valence-corrected chi connectivity index (χ3v) is 3.59. The first-order chi connectivity index (χ1) is 10.2. The summed E-state index contributed by atoms with van der Waals surface area (Å²) in [6.07, 6.45) is 5.80. The Hall–Kier alpha value is -2.39. The predicted molar refractivity (Wildman–Crippen MR) is 81.9 cm³/mol. The molecule has 0 saturated carbocycles. The minimum Gasteiger partial charge on any atom is -0.452 e. The van der Waals surface area contributed by atoms with Gasteiger partial charge in [0.1, 0.15) is 0 Å². The topological polar surface area (TPSA) is 68.3 Å². The van der Waals surface area contributed by atoms with Gasteiger partial charge in [-0.25, -0.2) is 4.98 Å². The smallest absolute Gasteiger partial charge is 0.306 e. The summed E-state index contributed by atoms with van der Waals surface area (Å²) in [4.78, 5) is 27.3. The number of fused-ring (bicyclic) bond motifs is 1. The molecule has 2 aromatic rings. The lowest BCUT2D eigenvalue weighted by molar-refractivity contribution is -0.142. The maximum Gasteiger partial charge on any atom is 0.306 e. The van der Waals surface area contributed by atoms with Gasteiger partial charge in [-0.2, -0.15) is 0 Å². The Bertz CT molecular complexity index is 655. The van der Waals surface area contributed by atoms with Crippen molar-refractivity contribution in [3.05, 3.63) is 24.3 Å². The summed E-state index contributed by atoms with van der Waals surface area (Å²) >= 11 is 1.42. The number of terminal acetylenes is 1. The Morgan fingerprint density at radius 3 is 2.90 bits per heavy atom. The lowest BCUT2D eigenvalue weighted by atomic mass is 10.2. The van der Waals surface area contributed by atoms with Crippen LogP contribution in [-0.4, -0.2) is 23.5 Å². The molecule has 0 bridgehead atoms. The van der Waals surface area contributed by atoms with Gasteiger partial charge in [0.25, 0.3) is 0 Å². The maximum atomic E-state index is 11.8. The van der Waals surface area contributed by atoms with Gasteiger partial charge in [-0.3, -0.25) is 9.59 Å². The second kappa shape index (κ2) is 7.41. The van der Waals surface area contributed by atoms with Gasteiger partial charge in [0, 0.05) is 12.8 Å². The number of rotatable bonds is 6. The molecule has 108 valence electrons. The fourth-order valence-electron chi connectivity index (χ4n) is 1.70. The van der Waals surface area contributed by atoms with Gasteiger partial charge in [-0.15, -0.1) is 6.42 Å². The minimum atomic E-state index is -0.388. The lowest BCUT2D eigenvalue weighted by Crippen LogP contribution is -2.12. The van der Waals surface area contributed by atoms with Crippen LogP contribution in [0.3, 0.4) is 0 Å². The molecule has 1 amide bonds. The number of ether oxygens (including phenoxy) is 1. The van der Waals surface area contributed by atoms with Gasteiger partial charge in [0.15, 0.2) is 11.7 Å². The number of esters is 1. The van der Waals surface area contributed by atoms with E-state index in [0.29, 0.717) is 11.6 Å². The molecule has 0 fully saturated rings. The SMILES string of the molecule is C#CCOC(=O)CCCC(=O)Nc1nc2ccccc2s1. The number of para-hydroxylation sites is 1. The number of thiazole rings is 1. The zero-order valence-corrected chi connectivity index (χ0v) is 12.1. The largest absolute Gasteiger partial charge is 0.452 e. The van der Waals surface area contributed by atoms with E-state index in [1.165, 1.54) is 11.3 Å². The van der Waals surface area contributed by atoms with Gasteiger partial charge >= 0.3 is 5.97 Å². The summed E-state index contributed by atoms with van der Waals surface area (Å²) in [5.74, 6) is 1.66. The first-order valence-corrected chi connectivity index (χ1v) is 7.25. The van der Waals surface area contributed by atoms with Gasteiger partial charge in [0.2, 0.25) is 5.91 Å². The number of anilines is 1. The molecule has 1 aromatic carbocycles. The van der Waals surface area contributed by atoms with E-state index < -0.39 is 0 Å². The van der Waals surface area contributed by atoms with Gasteiger partial charge in [-0.1, -0.05) is 29.4 Å². The maximum absolute atomic E-state index is 11.8. The Balaban J connectivity index is 1.77. The second-order valence-corrected chi connectivity index (χ2v) is 5.28. The molecule has 0 radical (unpaired) electrons. The molecule has 5 nitrogen and oxygen atoms in total. The van der Waals surface area contributed by atoms with E-state index in [0.717, 1.165) is 10.2 Å². The van der Waals surface area contributed by atoms with Crippen LogP contribution in [0.4, 0.5) is 5.13 Å². The van der Waals surface area contributed by atoms with Crippen LogP contribution in [0.15, 0.2) is 24.3 Å². The van der Waals surface area contributed by atoms with E-state index in [2.05, 4.69) is 16.2 Å². The van der Waals surface area contributed by atoms with Gasteiger partial charge < -0.3 is 10.1 Å². The van der Waals surface area contributed by atoms with Crippen molar-refractivity contribution in [3.8, 4) is 12.3 Å². The highest BCUT2D eigenvalue weighted by Gasteiger charge is 2.09. The normalized spacial score (nSPS) is 10.0. The summed E-state index contributed by atoms with van der Waals surface area (Å²) in [5.41, 5.74) is 0.857. The van der Waals surface area contributed by atoms with Crippen molar-refractivity contribution < 1.29 is 14.3 Å². The summed E-state index contributed by atoms with van der Waals surface area (Å²) in [6, 6.07) is 7.66. The van der Waals surface area contributed by atoms with Crippen LogP contribution in [-0.2, 0) is 14.3 Å². The molecule has 1 heterocycles. The molecular formula is C15H14N2O3S. The van der Waals surface area contributed by atoms with Crippen molar-refractivity contribution in [3.63, 3.8) is 0 Å². The first-order valence-electron chi connectivity index (χ1n) is 6.43. The highest BCUT2D eigenvalue weighted by atomic mass is 32.1. The van der Waals surface area contributed by atoms with E-state index >= 15 is 0 Å². The average molecular weight is 302 g/mol. The van der Waals surface area contributed by atoms with E-state index in [4.69, 9.17) is 11.2 Å². The molecule has 0 atom stereocenters. The third kappa shape index (κ3) is 4.58. The number of nitrogens with one attached hydrogen (secondary N) is 1. The van der Waals surface area contributed by atoms with E-state index in [-0.39, 0.29) is 31.3 Å². The number of hydrogen-bond acceptors (Lipinski definition) is 5. The number of carbonyl (C=O) groups excluding carboxylic acids is 2. The first kappa shape index (κ1) is 15.0. The molecule has 0 spiro atoms. The molecule has 0 aliphatic rings. The van der Waals surface area contributed by atoms with Crippen molar-refractivity contribution in [2.45, 2.75) is 19.3 Å². The van der Waals surface area contributed by atoms with Gasteiger partial charge in [-0.05, 0) is 18.6 Å². The Kier molecular flexibility index (Phi) is 5.29. The number of benzene rings is 1. The molecule has 0 aliphatic heterocycles. The molecule has 0 aliphatic carbocycles. The lowest BCUT2D eigenvalue weighted by Gasteiger charge is -2.02. The minimum absolute atomic E-state index is 0.0310. The molecule has 2 rings (SSSR count). The fourth-order valence-corrected chi connectivity index (χ4v) is 2.58. The quantitative estimate of drug-likeness (QED) is 0.658. The standard InChI is InChI=1S/C15H14N2O3S/c1-2-10-20-14(19)9-5-8-13(18)17-15-16-11-6-3-4-7-12(11)21-15/h1,3-4,6-7H,5,8-10H2,(H,16,17,18). The Morgan fingerprint density at radius 1 is 1.33 bits per heavy atom. The number of nitrogens with zero attached hydrogens (tertiary/aromatic N) is 1. The van der Waals surface area contributed by atoms with Crippen LogP contribution < -0.4 is 5.32 Å². The van der Waals surface area contributed by atoms with E-state index in [1.54, 1.807) is 0 Å². The number of aromatic nitrogens is 1. The number of carbonyl (C=O) groups is 2. The van der Waals surface area contributed by atoms with Crippen LogP contribution >= 0.6 is 11.3 Å². The van der Waals surface area contributed by atoms with Gasteiger partial charge in [0.05, 0.1) is 10.2 Å². The Morgan fingerprint density at radius 2 is 2.14 bits per heavy atom. The number of amides is 1. The van der Waals surface area contributed by atoms with Crippen molar-refractivity contribution in [1.29, 1.82) is 0 Å². The van der Waals surface area contributed by atoms with Crippen LogP contribution in [0.2, 0.25) is 0 Å². The molecule has 0 unspecified atom stereocenters. The summed E-state index contributed by atoms with van der Waals surface area (Å²) in [7, 11) is 0. The summed E-state index contributed by atoms with van der Waals surface area (Å²) < 4.78 is 5.73. The fraction of sp³-hybridized carbons (Fsp3) is 0.267. The zero-order chi connectivity index (χ0) is 15.1. The number of hydrogen-bond donors (Lipinski definition) is 1. The zero-order valence-electron chi connectivity index (χ0n) is 11.3. The summed E-state index contributed by atoms with van der Waals surface area (Å²) in [6.45, 7) is -0.0310. The van der Waals surface area contributed by atoms with Crippen LogP contribution in [0.1, 0.15) is 19.3 Å². The molecule has 0 saturated heterocycles. The highest BCUT2D eigenvalue weighted by Crippen LogP contribution is 2.25. The van der Waals surface area contributed by atoms with Crippen LogP contribution in [0, 0.1) is 12.3 Å². The van der Waals surface area contributed by atoms with Crippen LogP contribution in [0.25, 0.3) is 10.2 Å². The highest BCUT2D eigenvalue weighted by molar-refractivity contribution is 7.22. The molecule has 21 heavy (non-hydrogen) atoms. The molecular weight excluding hydrogens is 288 g/mol. The Labute approximate surface area is 126 Å². The average Bonchev–Trinajstić information content (AvgIpc) is 2.87. The van der Waals surface area contributed by atoms with Crippen molar-refractivity contribution in [2.24, 2.45) is 0 Å². The predicted octanol–water partition coefficient (Wildman–Crippen LogP) is 2.58. The van der Waals surface area contributed by atoms with Crippen molar-refractivity contribution in [1.82, 2.24) is 4.98 Å². The molecule has 1 N–H and O–H groups in total. The molecule has 6 heteroatoms. The monoisotopic (exact) mass is 302 g/mol. The van der Waals surface area contributed by atoms with E-state index in [1.807, 2.05) is 24.3 Å². The van der Waals surface area contributed by atoms with Crippen molar-refractivity contribution in [2.75, 3.05) is 11.9 Å². The molecule has 1 aromatic heterocycles.